The second-order valence-corrected chi connectivity index (χ2v) is 8.27. The van der Waals surface area contributed by atoms with Gasteiger partial charge in [0.15, 0.2) is 0 Å². The van der Waals surface area contributed by atoms with Crippen molar-refractivity contribution in [3.05, 3.63) is 64.1 Å². The summed E-state index contributed by atoms with van der Waals surface area (Å²) in [6.45, 7) is 0.363. The van der Waals surface area contributed by atoms with Gasteiger partial charge in [-0.1, -0.05) is 12.1 Å². The summed E-state index contributed by atoms with van der Waals surface area (Å²) in [6, 6.07) is 13.0. The Kier molecular flexibility index (Phi) is 5.56. The van der Waals surface area contributed by atoms with Crippen molar-refractivity contribution in [2.75, 3.05) is 11.9 Å². The van der Waals surface area contributed by atoms with Crippen molar-refractivity contribution < 1.29 is 13.6 Å². The van der Waals surface area contributed by atoms with Gasteiger partial charge in [0.05, 0.1) is 11.0 Å². The summed E-state index contributed by atoms with van der Waals surface area (Å²) < 4.78 is 28.3. The van der Waals surface area contributed by atoms with Crippen LogP contribution in [0.2, 0.25) is 0 Å². The molecule has 0 saturated heterocycles. The average Bonchev–Trinajstić information content (AvgIpc) is 3.05. The van der Waals surface area contributed by atoms with Crippen LogP contribution in [0.4, 0.5) is 14.5 Å². The molecule has 0 atom stereocenters. The zero-order valence-corrected chi connectivity index (χ0v) is 17.6. The number of aromatic amines is 1. The molecule has 0 radical (unpaired) electrons. The lowest BCUT2D eigenvalue weighted by molar-refractivity contribution is -0.0378. The number of benzene rings is 2. The molecule has 6 nitrogen and oxygen atoms in total. The highest BCUT2D eigenvalue weighted by molar-refractivity contribution is 5.97. The molecule has 3 aromatic rings. The number of rotatable bonds is 5. The van der Waals surface area contributed by atoms with Gasteiger partial charge in [-0.05, 0) is 48.7 Å². The molecule has 1 aliphatic rings. The number of nitrogens with one attached hydrogen (secondary N) is 2. The number of nitrogens with zero attached hydrogens (tertiary/aromatic N) is 2. The van der Waals surface area contributed by atoms with Gasteiger partial charge in [-0.25, -0.2) is 13.6 Å². The van der Waals surface area contributed by atoms with Gasteiger partial charge in [0.2, 0.25) is 5.92 Å². The van der Waals surface area contributed by atoms with Crippen LogP contribution in [0.25, 0.3) is 11.0 Å². The molecule has 1 heterocycles. The normalized spacial score (nSPS) is 16.4. The number of amides is 1. The van der Waals surface area contributed by atoms with Crippen LogP contribution in [0.15, 0.2) is 47.3 Å². The number of aromatic nitrogens is 2. The van der Waals surface area contributed by atoms with Crippen molar-refractivity contribution in [3.63, 3.8) is 0 Å². The average molecular weight is 428 g/mol. The van der Waals surface area contributed by atoms with Crippen molar-refractivity contribution >= 4 is 22.6 Å². The van der Waals surface area contributed by atoms with Crippen LogP contribution < -0.4 is 15.9 Å². The molecule has 0 aliphatic heterocycles. The highest BCUT2D eigenvalue weighted by atomic mass is 19.3. The van der Waals surface area contributed by atoms with E-state index >= 15 is 0 Å². The molecule has 1 fully saturated rings. The van der Waals surface area contributed by atoms with E-state index in [0.717, 1.165) is 16.8 Å². The zero-order valence-electron chi connectivity index (χ0n) is 17.6. The number of hydrogen-bond acceptors (Lipinski definition) is 3. The van der Waals surface area contributed by atoms with E-state index in [-0.39, 0.29) is 30.5 Å². The number of carbonyl (C=O) groups is 1. The number of anilines is 1. The number of carbonyl (C=O) groups excluding carboxylic acids is 1. The number of H-pyrrole nitrogens is 1. The second kappa shape index (κ2) is 8.17. The van der Waals surface area contributed by atoms with Crippen molar-refractivity contribution in [2.24, 2.45) is 7.05 Å². The molecule has 8 heteroatoms. The Morgan fingerprint density at radius 2 is 1.87 bits per heavy atom. The molecule has 164 valence electrons. The van der Waals surface area contributed by atoms with Crippen LogP contribution in [0, 0.1) is 0 Å². The fourth-order valence-corrected chi connectivity index (χ4v) is 4.13. The molecule has 0 unspecified atom stereocenters. The highest BCUT2D eigenvalue weighted by Gasteiger charge is 2.36. The number of aryl methyl sites for hydroxylation is 1. The minimum atomic E-state index is -2.53. The number of alkyl halides is 2. The third-order valence-electron chi connectivity index (χ3n) is 6.20. The maximum atomic E-state index is 13.4. The Balaban J connectivity index is 1.36. The van der Waals surface area contributed by atoms with Crippen molar-refractivity contribution in [1.29, 1.82) is 0 Å². The van der Waals surface area contributed by atoms with Crippen LogP contribution in [0.1, 0.15) is 41.6 Å². The van der Waals surface area contributed by atoms with E-state index in [2.05, 4.69) is 15.2 Å². The van der Waals surface area contributed by atoms with Gasteiger partial charge < -0.3 is 15.2 Å². The summed E-state index contributed by atoms with van der Waals surface area (Å²) in [7, 11) is 3.61. The lowest BCUT2D eigenvalue weighted by Gasteiger charge is -2.36. The molecule has 1 aliphatic carbocycles. The third-order valence-corrected chi connectivity index (χ3v) is 6.20. The number of halogens is 2. The highest BCUT2D eigenvalue weighted by Crippen LogP contribution is 2.36. The first-order valence-electron chi connectivity index (χ1n) is 10.4. The molecule has 1 saturated carbocycles. The summed E-state index contributed by atoms with van der Waals surface area (Å²) in [6.07, 6.45) is 0.847. The predicted octanol–water partition coefficient (Wildman–Crippen LogP) is 3.81. The van der Waals surface area contributed by atoms with Gasteiger partial charge in [0.25, 0.3) is 5.91 Å². The first-order chi connectivity index (χ1) is 14.7. The van der Waals surface area contributed by atoms with Gasteiger partial charge in [-0.2, -0.15) is 0 Å². The molecule has 31 heavy (non-hydrogen) atoms. The monoisotopic (exact) mass is 428 g/mol. The smallest absolute Gasteiger partial charge is 0.326 e. The predicted molar refractivity (Wildman–Crippen MR) is 117 cm³/mol. The molecule has 1 aromatic heterocycles. The molecular formula is C23H26F2N4O2. The lowest BCUT2D eigenvalue weighted by Crippen LogP contribution is -2.38. The maximum Gasteiger partial charge on any atom is 0.326 e. The van der Waals surface area contributed by atoms with Crippen LogP contribution >= 0.6 is 0 Å². The van der Waals surface area contributed by atoms with E-state index in [4.69, 9.17) is 0 Å². The third kappa shape index (κ3) is 4.47. The molecule has 1 amide bonds. The fraction of sp³-hybridized carbons (Fsp3) is 0.391. The van der Waals surface area contributed by atoms with E-state index in [1.807, 2.05) is 31.3 Å². The molecule has 2 N–H and O–H groups in total. The molecule has 4 rings (SSSR count). The van der Waals surface area contributed by atoms with Crippen LogP contribution in [-0.4, -0.2) is 34.5 Å². The maximum absolute atomic E-state index is 13.4. The molecule has 2 aromatic carbocycles. The molecular weight excluding hydrogens is 402 g/mol. The van der Waals surface area contributed by atoms with Gasteiger partial charge in [0.1, 0.15) is 0 Å². The van der Waals surface area contributed by atoms with Gasteiger partial charge >= 0.3 is 5.69 Å². The number of hydrogen-bond donors (Lipinski definition) is 2. The second-order valence-electron chi connectivity index (χ2n) is 8.27. The quantitative estimate of drug-likeness (QED) is 0.649. The van der Waals surface area contributed by atoms with Gasteiger partial charge in [-0.3, -0.25) is 9.36 Å². The van der Waals surface area contributed by atoms with Gasteiger partial charge in [0, 0.05) is 50.8 Å². The standard InChI is InChI=1S/C23H26F2N4O2/c1-28(18-9-11-23(24,25)12-10-18)17-6-3-15(4-7-17)14-26-21(30)16-5-8-20-19(13-16)27-22(31)29(20)2/h3-8,13,18H,9-12,14H2,1-2H3,(H,26,30)(H,27,31). The SMILES string of the molecule is CN(c1ccc(CNC(=O)c2ccc3c(c2)[nH]c(=O)n3C)cc1)C1CCC(F)(F)CC1. The topological polar surface area (TPSA) is 70.1 Å². The molecule has 0 bridgehead atoms. The van der Waals surface area contributed by atoms with Crippen molar-refractivity contribution in [3.8, 4) is 0 Å². The van der Waals surface area contributed by atoms with E-state index in [9.17, 15) is 18.4 Å². The summed E-state index contributed by atoms with van der Waals surface area (Å²) >= 11 is 0. The Morgan fingerprint density at radius 3 is 2.55 bits per heavy atom. The largest absolute Gasteiger partial charge is 0.372 e. The number of imidazole rings is 1. The summed E-state index contributed by atoms with van der Waals surface area (Å²) in [5, 5.41) is 2.89. The fourth-order valence-electron chi connectivity index (χ4n) is 4.13. The van der Waals surface area contributed by atoms with E-state index in [1.54, 1.807) is 25.2 Å². The van der Waals surface area contributed by atoms with E-state index in [0.29, 0.717) is 30.5 Å². The Labute approximate surface area is 178 Å². The number of fused-ring (bicyclic) bond motifs is 1. The lowest BCUT2D eigenvalue weighted by atomic mass is 9.91. The zero-order chi connectivity index (χ0) is 22.2. The Morgan fingerprint density at radius 1 is 1.19 bits per heavy atom. The summed E-state index contributed by atoms with van der Waals surface area (Å²) in [5.41, 5.74) is 3.52. The first-order valence-corrected chi connectivity index (χ1v) is 10.4. The Hall–Kier alpha value is -3.16. The van der Waals surface area contributed by atoms with Crippen LogP contribution in [0.5, 0.6) is 0 Å². The van der Waals surface area contributed by atoms with E-state index in [1.165, 1.54) is 4.57 Å². The Bertz CT molecular complexity index is 1140. The minimum absolute atomic E-state index is 0.0607. The summed E-state index contributed by atoms with van der Waals surface area (Å²) in [4.78, 5) is 29.0. The molecule has 0 spiro atoms. The van der Waals surface area contributed by atoms with Crippen molar-refractivity contribution in [1.82, 2.24) is 14.9 Å². The van der Waals surface area contributed by atoms with Crippen LogP contribution in [0.3, 0.4) is 0 Å². The summed E-state index contributed by atoms with van der Waals surface area (Å²) in [5.74, 6) is -2.75. The van der Waals surface area contributed by atoms with Crippen molar-refractivity contribution in [2.45, 2.75) is 44.2 Å². The van der Waals surface area contributed by atoms with E-state index < -0.39 is 5.92 Å². The first kappa shape index (κ1) is 21.1. The van der Waals surface area contributed by atoms with Crippen LogP contribution in [-0.2, 0) is 13.6 Å². The van der Waals surface area contributed by atoms with Gasteiger partial charge in [-0.15, -0.1) is 0 Å². The minimum Gasteiger partial charge on any atom is -0.372 e.